The molecular formula is C27H33ClN4O4S2. The third kappa shape index (κ3) is 6.52. The number of thiophene rings is 1. The number of hydrogen-bond acceptors (Lipinski definition) is 8. The van der Waals surface area contributed by atoms with Crippen LogP contribution in [0.4, 0.5) is 5.00 Å². The zero-order valence-corrected chi connectivity index (χ0v) is 24.5. The second-order valence-corrected chi connectivity index (χ2v) is 11.7. The van der Waals surface area contributed by atoms with Crippen molar-refractivity contribution in [2.75, 3.05) is 18.2 Å². The SMILES string of the molecule is CCn1c(SCC(=O)Nc2sc3c(c2C(=O)OC)CCCCCC3)nnc1C(C)Oc1ccc(Cl)cc1C. The van der Waals surface area contributed by atoms with Gasteiger partial charge in [0.25, 0.3) is 0 Å². The number of nitrogens with zero attached hydrogens (tertiary/aromatic N) is 3. The number of methoxy groups -OCH3 is 1. The fourth-order valence-corrected chi connectivity index (χ4v) is 6.94. The summed E-state index contributed by atoms with van der Waals surface area (Å²) in [4.78, 5) is 26.8. The highest BCUT2D eigenvalue weighted by atomic mass is 35.5. The molecule has 4 rings (SSSR count). The smallest absolute Gasteiger partial charge is 0.341 e. The topological polar surface area (TPSA) is 95.3 Å². The largest absolute Gasteiger partial charge is 0.482 e. The molecule has 0 saturated heterocycles. The summed E-state index contributed by atoms with van der Waals surface area (Å²) >= 11 is 8.86. The number of benzene rings is 1. The summed E-state index contributed by atoms with van der Waals surface area (Å²) in [5.41, 5.74) is 2.48. The average Bonchev–Trinajstić information content (AvgIpc) is 3.44. The van der Waals surface area contributed by atoms with Crippen LogP contribution in [0.2, 0.25) is 5.02 Å². The first-order chi connectivity index (χ1) is 18.3. The lowest BCUT2D eigenvalue weighted by Crippen LogP contribution is -2.17. The lowest BCUT2D eigenvalue weighted by Gasteiger charge is -2.17. The first-order valence-corrected chi connectivity index (χ1v) is 15.0. The van der Waals surface area contributed by atoms with Gasteiger partial charge in [0.15, 0.2) is 17.1 Å². The zero-order chi connectivity index (χ0) is 27.2. The Morgan fingerprint density at radius 1 is 1.21 bits per heavy atom. The van der Waals surface area contributed by atoms with E-state index in [9.17, 15) is 9.59 Å². The summed E-state index contributed by atoms with van der Waals surface area (Å²) in [7, 11) is 1.38. The first kappa shape index (κ1) is 28.4. The normalized spacial score (nSPS) is 14.2. The minimum Gasteiger partial charge on any atom is -0.482 e. The number of aromatic nitrogens is 3. The molecule has 1 unspecified atom stereocenters. The Hall–Kier alpha value is -2.56. The van der Waals surface area contributed by atoms with Gasteiger partial charge in [-0.3, -0.25) is 4.79 Å². The number of esters is 1. The van der Waals surface area contributed by atoms with Crippen molar-refractivity contribution in [1.29, 1.82) is 0 Å². The predicted molar refractivity (Wildman–Crippen MR) is 152 cm³/mol. The average molecular weight is 577 g/mol. The minimum atomic E-state index is -0.397. The molecule has 2 aromatic heterocycles. The monoisotopic (exact) mass is 576 g/mol. The van der Waals surface area contributed by atoms with E-state index in [4.69, 9.17) is 21.1 Å². The lowest BCUT2D eigenvalue weighted by molar-refractivity contribution is -0.113. The van der Waals surface area contributed by atoms with Gasteiger partial charge in [0.1, 0.15) is 10.8 Å². The Morgan fingerprint density at radius 2 is 1.97 bits per heavy atom. The fourth-order valence-electron chi connectivity index (χ4n) is 4.61. The van der Waals surface area contributed by atoms with Gasteiger partial charge in [-0.1, -0.05) is 36.2 Å². The Balaban J connectivity index is 1.45. The summed E-state index contributed by atoms with van der Waals surface area (Å²) < 4.78 is 13.2. The first-order valence-electron chi connectivity index (χ1n) is 12.8. The van der Waals surface area contributed by atoms with E-state index in [2.05, 4.69) is 15.5 Å². The van der Waals surface area contributed by atoms with Gasteiger partial charge in [0.05, 0.1) is 18.4 Å². The molecule has 0 fully saturated rings. The maximum Gasteiger partial charge on any atom is 0.341 e. The third-order valence-electron chi connectivity index (χ3n) is 6.51. The van der Waals surface area contributed by atoms with Crippen LogP contribution in [0.1, 0.15) is 77.8 Å². The molecule has 204 valence electrons. The van der Waals surface area contributed by atoms with Crippen LogP contribution in [0.15, 0.2) is 23.4 Å². The van der Waals surface area contributed by atoms with Crippen molar-refractivity contribution in [3.05, 3.63) is 50.6 Å². The van der Waals surface area contributed by atoms with Gasteiger partial charge in [-0.2, -0.15) is 0 Å². The van der Waals surface area contributed by atoms with Crippen molar-refractivity contribution in [3.63, 3.8) is 0 Å². The fraction of sp³-hybridized carbons (Fsp3) is 0.481. The number of aryl methyl sites for hydroxylation is 2. The molecule has 1 amide bonds. The van der Waals surface area contributed by atoms with E-state index in [1.165, 1.54) is 41.5 Å². The quantitative estimate of drug-likeness (QED) is 0.225. The lowest BCUT2D eigenvalue weighted by atomic mass is 9.96. The number of carbonyl (C=O) groups excluding carboxylic acids is 2. The van der Waals surface area contributed by atoms with Gasteiger partial charge in [-0.05, 0) is 75.8 Å². The van der Waals surface area contributed by atoms with E-state index >= 15 is 0 Å². The summed E-state index contributed by atoms with van der Waals surface area (Å²) in [6, 6.07) is 5.49. The highest BCUT2D eigenvalue weighted by molar-refractivity contribution is 7.99. The highest BCUT2D eigenvalue weighted by Crippen LogP contribution is 2.38. The Kier molecular flexibility index (Phi) is 9.73. The Bertz CT molecular complexity index is 1310. The number of halogens is 1. The number of thioether (sulfide) groups is 1. The number of ether oxygens (including phenoxy) is 2. The molecule has 1 aliphatic carbocycles. The van der Waals surface area contributed by atoms with Crippen molar-refractivity contribution in [2.45, 2.75) is 77.1 Å². The molecule has 0 bridgehead atoms. The van der Waals surface area contributed by atoms with Crippen LogP contribution >= 0.6 is 34.7 Å². The number of rotatable bonds is 9. The van der Waals surface area contributed by atoms with Crippen molar-refractivity contribution in [3.8, 4) is 5.75 Å². The van der Waals surface area contributed by atoms with Gasteiger partial charge < -0.3 is 19.4 Å². The van der Waals surface area contributed by atoms with Crippen LogP contribution in [0.3, 0.4) is 0 Å². The van der Waals surface area contributed by atoms with Crippen LogP contribution < -0.4 is 10.1 Å². The van der Waals surface area contributed by atoms with Gasteiger partial charge in [0.2, 0.25) is 5.91 Å². The molecule has 0 aliphatic heterocycles. The molecule has 0 spiro atoms. The molecule has 2 heterocycles. The molecule has 1 aliphatic rings. The van der Waals surface area contributed by atoms with Gasteiger partial charge in [0, 0.05) is 16.4 Å². The van der Waals surface area contributed by atoms with E-state index in [0.29, 0.717) is 33.1 Å². The van der Waals surface area contributed by atoms with Crippen LogP contribution in [0.25, 0.3) is 0 Å². The van der Waals surface area contributed by atoms with E-state index < -0.39 is 5.97 Å². The molecular weight excluding hydrogens is 544 g/mol. The number of carbonyl (C=O) groups is 2. The second-order valence-electron chi connectivity index (χ2n) is 9.21. The Morgan fingerprint density at radius 3 is 2.68 bits per heavy atom. The predicted octanol–water partition coefficient (Wildman–Crippen LogP) is 6.64. The minimum absolute atomic E-state index is 0.132. The highest BCUT2D eigenvalue weighted by Gasteiger charge is 2.26. The van der Waals surface area contributed by atoms with Crippen molar-refractivity contribution in [2.24, 2.45) is 0 Å². The molecule has 3 aromatic rings. The summed E-state index contributed by atoms with van der Waals surface area (Å²) in [6.07, 6.45) is 5.87. The van der Waals surface area contributed by atoms with E-state index in [0.717, 1.165) is 49.0 Å². The number of hydrogen-bond donors (Lipinski definition) is 1. The summed E-state index contributed by atoms with van der Waals surface area (Å²) in [5.74, 6) is 0.935. The number of fused-ring (bicyclic) bond motifs is 1. The van der Waals surface area contributed by atoms with E-state index in [-0.39, 0.29) is 17.8 Å². The standard InChI is InChI=1S/C27H33ClN4O4S2/c1-5-32-24(17(3)36-20-13-12-18(28)14-16(20)2)30-31-27(32)37-15-22(33)29-25-23(26(34)35-4)19-10-8-6-7-9-11-21(19)38-25/h12-14,17H,5-11,15H2,1-4H3,(H,29,33). The zero-order valence-electron chi connectivity index (χ0n) is 22.1. The third-order valence-corrected chi connectivity index (χ3v) is 8.92. The maximum absolute atomic E-state index is 13.0. The summed E-state index contributed by atoms with van der Waals surface area (Å²) in [6.45, 7) is 6.49. The van der Waals surface area contributed by atoms with Crippen LogP contribution in [0, 0.1) is 6.92 Å². The number of anilines is 1. The van der Waals surface area contributed by atoms with Crippen molar-refractivity contribution < 1.29 is 19.1 Å². The van der Waals surface area contributed by atoms with E-state index in [1.807, 2.05) is 37.5 Å². The van der Waals surface area contributed by atoms with Gasteiger partial charge in [-0.25, -0.2) is 4.79 Å². The van der Waals surface area contributed by atoms with Crippen LogP contribution in [-0.2, 0) is 28.9 Å². The molecule has 0 saturated carbocycles. The maximum atomic E-state index is 13.0. The molecule has 38 heavy (non-hydrogen) atoms. The van der Waals surface area contributed by atoms with Crippen molar-refractivity contribution in [1.82, 2.24) is 14.8 Å². The molecule has 1 aromatic carbocycles. The van der Waals surface area contributed by atoms with E-state index in [1.54, 1.807) is 6.07 Å². The molecule has 0 radical (unpaired) electrons. The number of nitrogens with one attached hydrogen (secondary N) is 1. The molecule has 11 heteroatoms. The van der Waals surface area contributed by atoms with Gasteiger partial charge >= 0.3 is 5.97 Å². The molecule has 1 N–H and O–H groups in total. The Labute approximate surface area is 236 Å². The van der Waals surface area contributed by atoms with Gasteiger partial charge in [-0.15, -0.1) is 21.5 Å². The molecule has 1 atom stereocenters. The summed E-state index contributed by atoms with van der Waals surface area (Å²) in [5, 5.41) is 13.5. The van der Waals surface area contributed by atoms with Crippen LogP contribution in [0.5, 0.6) is 5.75 Å². The van der Waals surface area contributed by atoms with Crippen molar-refractivity contribution >= 4 is 51.6 Å². The number of amides is 1. The second kappa shape index (κ2) is 13.0. The van der Waals surface area contributed by atoms with Crippen LogP contribution in [-0.4, -0.2) is 39.5 Å². The molecule has 8 nitrogen and oxygen atoms in total.